The summed E-state index contributed by atoms with van der Waals surface area (Å²) in [6, 6.07) is 2.45. The lowest BCUT2D eigenvalue weighted by Gasteiger charge is -2.27. The summed E-state index contributed by atoms with van der Waals surface area (Å²) in [6.45, 7) is 2.99. The Labute approximate surface area is 186 Å². The molecule has 2 aliphatic rings. The minimum atomic E-state index is -3.93. The first kappa shape index (κ1) is 23.3. The number of benzene rings is 1. The molecule has 166 valence electrons. The van der Waals surface area contributed by atoms with E-state index in [1.165, 1.54) is 21.3 Å². The van der Waals surface area contributed by atoms with Crippen molar-refractivity contribution in [2.45, 2.75) is 24.7 Å². The maximum atomic E-state index is 13.2. The van der Waals surface area contributed by atoms with E-state index in [0.717, 1.165) is 12.8 Å². The number of ether oxygens (including phenoxy) is 2. The number of carbonyl (C=O) groups excluding carboxylic acids is 2. The van der Waals surface area contributed by atoms with Gasteiger partial charge in [0.05, 0.1) is 35.4 Å². The highest BCUT2D eigenvalue weighted by atomic mass is 35.5. The molecule has 1 amide bonds. The van der Waals surface area contributed by atoms with Crippen LogP contribution in [-0.2, 0) is 24.3 Å². The molecule has 0 atom stereocenters. The number of esters is 1. The first-order chi connectivity index (χ1) is 14.2. The number of halogens is 2. The number of amides is 1. The third kappa shape index (κ3) is 5.45. The van der Waals surface area contributed by atoms with Gasteiger partial charge in [-0.1, -0.05) is 23.2 Å². The summed E-state index contributed by atoms with van der Waals surface area (Å²) in [7, 11) is -3.93. The zero-order valence-electron chi connectivity index (χ0n) is 16.6. The summed E-state index contributed by atoms with van der Waals surface area (Å²) in [4.78, 5) is 26.3. The van der Waals surface area contributed by atoms with Crippen LogP contribution in [0.4, 0.5) is 0 Å². The van der Waals surface area contributed by atoms with Gasteiger partial charge < -0.3 is 14.4 Å². The smallest absolute Gasteiger partial charge is 0.325 e. The van der Waals surface area contributed by atoms with Crippen LogP contribution in [0.25, 0.3) is 0 Å². The van der Waals surface area contributed by atoms with Gasteiger partial charge in [0.1, 0.15) is 11.4 Å². The van der Waals surface area contributed by atoms with Crippen LogP contribution in [0.2, 0.25) is 10.0 Å². The molecule has 0 radical (unpaired) electrons. The van der Waals surface area contributed by atoms with Gasteiger partial charge >= 0.3 is 5.97 Å². The predicted octanol–water partition coefficient (Wildman–Crippen LogP) is 2.43. The molecule has 1 aliphatic heterocycles. The Morgan fingerprint density at radius 3 is 2.47 bits per heavy atom. The van der Waals surface area contributed by atoms with E-state index in [1.54, 1.807) is 6.92 Å². The Hall–Kier alpha value is -1.39. The fourth-order valence-electron chi connectivity index (χ4n) is 3.18. The van der Waals surface area contributed by atoms with Crippen molar-refractivity contribution in [2.24, 2.45) is 5.92 Å². The fourth-order valence-corrected chi connectivity index (χ4v) is 5.42. The molecule has 3 rings (SSSR count). The van der Waals surface area contributed by atoms with Crippen molar-refractivity contribution in [3.63, 3.8) is 0 Å². The molecule has 30 heavy (non-hydrogen) atoms. The van der Waals surface area contributed by atoms with E-state index in [9.17, 15) is 18.0 Å². The average molecular weight is 479 g/mol. The monoisotopic (exact) mass is 478 g/mol. The van der Waals surface area contributed by atoms with Crippen molar-refractivity contribution in [1.82, 2.24) is 9.21 Å². The van der Waals surface area contributed by atoms with Crippen LogP contribution >= 0.6 is 23.2 Å². The highest BCUT2D eigenvalue weighted by Gasteiger charge is 2.33. The quantitative estimate of drug-likeness (QED) is 0.532. The Morgan fingerprint density at radius 2 is 1.87 bits per heavy atom. The summed E-state index contributed by atoms with van der Waals surface area (Å²) in [5, 5.41) is -0.0437. The number of morpholine rings is 1. The van der Waals surface area contributed by atoms with Gasteiger partial charge in [-0.2, -0.15) is 4.31 Å². The van der Waals surface area contributed by atoms with Crippen molar-refractivity contribution in [3.8, 4) is 0 Å². The average Bonchev–Trinajstić information content (AvgIpc) is 3.52. The Bertz CT molecular complexity index is 914. The molecule has 0 unspecified atom stereocenters. The standard InChI is InChI=1S/C19H24Cl2N2O6S/c1-2-29-18(24)12-22(11-13-3-4-13)19(25)14-9-17(16(21)10-15(14)20)30(26,27)23-5-7-28-8-6-23/h9-10,13H,2-8,11-12H2,1H3. The first-order valence-electron chi connectivity index (χ1n) is 9.76. The van der Waals surface area contributed by atoms with Crippen LogP contribution in [-0.4, -0.2) is 75.5 Å². The van der Waals surface area contributed by atoms with Gasteiger partial charge in [-0.25, -0.2) is 8.42 Å². The second kappa shape index (κ2) is 9.82. The zero-order valence-corrected chi connectivity index (χ0v) is 18.9. The van der Waals surface area contributed by atoms with Crippen molar-refractivity contribution < 1.29 is 27.5 Å². The summed E-state index contributed by atoms with van der Waals surface area (Å²) in [5.41, 5.74) is -0.0159. The minimum Gasteiger partial charge on any atom is -0.465 e. The van der Waals surface area contributed by atoms with Gasteiger partial charge in [0, 0.05) is 19.6 Å². The maximum absolute atomic E-state index is 13.2. The van der Waals surface area contributed by atoms with E-state index >= 15 is 0 Å². The number of hydrogen-bond acceptors (Lipinski definition) is 6. The summed E-state index contributed by atoms with van der Waals surface area (Å²) in [5.74, 6) is -0.751. The van der Waals surface area contributed by atoms with Crippen LogP contribution in [0.5, 0.6) is 0 Å². The van der Waals surface area contributed by atoms with Crippen molar-refractivity contribution in [1.29, 1.82) is 0 Å². The molecule has 0 spiro atoms. The van der Waals surface area contributed by atoms with Gasteiger partial charge in [0.15, 0.2) is 0 Å². The number of nitrogens with zero attached hydrogens (tertiary/aromatic N) is 2. The highest BCUT2D eigenvalue weighted by Crippen LogP contribution is 2.33. The molecule has 0 N–H and O–H groups in total. The molecule has 1 aliphatic carbocycles. The molecule has 1 saturated heterocycles. The second-order valence-electron chi connectivity index (χ2n) is 7.21. The Balaban J connectivity index is 1.92. The number of rotatable bonds is 8. The second-order valence-corrected chi connectivity index (χ2v) is 9.93. The molecule has 0 aromatic heterocycles. The lowest BCUT2D eigenvalue weighted by atomic mass is 10.2. The molecule has 1 heterocycles. The molecule has 0 bridgehead atoms. The van der Waals surface area contributed by atoms with Gasteiger partial charge in [-0.3, -0.25) is 9.59 Å². The molecule has 1 aromatic carbocycles. The summed E-state index contributed by atoms with van der Waals surface area (Å²) >= 11 is 12.4. The highest BCUT2D eigenvalue weighted by molar-refractivity contribution is 7.89. The van der Waals surface area contributed by atoms with Crippen LogP contribution < -0.4 is 0 Å². The van der Waals surface area contributed by atoms with Crippen LogP contribution in [0, 0.1) is 5.92 Å². The summed E-state index contributed by atoms with van der Waals surface area (Å²) in [6.07, 6.45) is 1.94. The van der Waals surface area contributed by atoms with Crippen molar-refractivity contribution in [3.05, 3.63) is 27.7 Å². The third-order valence-electron chi connectivity index (χ3n) is 4.93. The van der Waals surface area contributed by atoms with Gasteiger partial charge in [0.25, 0.3) is 5.91 Å². The number of carbonyl (C=O) groups is 2. The van der Waals surface area contributed by atoms with Crippen molar-refractivity contribution in [2.75, 3.05) is 46.0 Å². The minimum absolute atomic E-state index is 0.0159. The third-order valence-corrected chi connectivity index (χ3v) is 7.60. The fraction of sp³-hybridized carbons (Fsp3) is 0.579. The van der Waals surface area contributed by atoms with Gasteiger partial charge in [0.2, 0.25) is 10.0 Å². The molecule has 1 saturated carbocycles. The van der Waals surface area contributed by atoms with Gasteiger partial charge in [-0.05, 0) is 37.8 Å². The van der Waals surface area contributed by atoms with Crippen LogP contribution in [0.15, 0.2) is 17.0 Å². The van der Waals surface area contributed by atoms with E-state index < -0.39 is 21.9 Å². The SMILES string of the molecule is CCOC(=O)CN(CC1CC1)C(=O)c1cc(S(=O)(=O)N2CCOCC2)c(Cl)cc1Cl. The lowest BCUT2D eigenvalue weighted by molar-refractivity contribution is -0.143. The summed E-state index contributed by atoms with van der Waals surface area (Å²) < 4.78 is 37.6. The molecular weight excluding hydrogens is 455 g/mol. The lowest BCUT2D eigenvalue weighted by Crippen LogP contribution is -2.41. The number of sulfonamides is 1. The van der Waals surface area contributed by atoms with Gasteiger partial charge in [-0.15, -0.1) is 0 Å². The predicted molar refractivity (Wildman–Crippen MR) is 111 cm³/mol. The zero-order chi connectivity index (χ0) is 21.9. The van der Waals surface area contributed by atoms with E-state index in [2.05, 4.69) is 0 Å². The largest absolute Gasteiger partial charge is 0.465 e. The molecule has 2 fully saturated rings. The Kier molecular flexibility index (Phi) is 7.62. The molecular formula is C19H24Cl2N2O6S. The molecule has 8 nitrogen and oxygen atoms in total. The van der Waals surface area contributed by atoms with E-state index in [4.69, 9.17) is 32.7 Å². The molecule has 1 aromatic rings. The first-order valence-corrected chi connectivity index (χ1v) is 12.0. The van der Waals surface area contributed by atoms with Crippen LogP contribution in [0.1, 0.15) is 30.1 Å². The molecule has 11 heteroatoms. The number of hydrogen-bond donors (Lipinski definition) is 0. The normalized spacial score (nSPS) is 17.6. The van der Waals surface area contributed by atoms with Crippen LogP contribution in [0.3, 0.4) is 0 Å². The topological polar surface area (TPSA) is 93.2 Å². The van der Waals surface area contributed by atoms with E-state index in [1.807, 2.05) is 0 Å². The van der Waals surface area contributed by atoms with E-state index in [-0.39, 0.29) is 60.0 Å². The maximum Gasteiger partial charge on any atom is 0.325 e. The van der Waals surface area contributed by atoms with Crippen molar-refractivity contribution >= 4 is 45.1 Å². The Morgan fingerprint density at radius 1 is 1.20 bits per heavy atom. The van der Waals surface area contributed by atoms with E-state index in [0.29, 0.717) is 12.5 Å².